The number of rotatable bonds is 4. The lowest BCUT2D eigenvalue weighted by Gasteiger charge is -2.16. The highest BCUT2D eigenvalue weighted by atomic mass is 19.1. The van der Waals surface area contributed by atoms with E-state index in [2.05, 4.69) is 15.0 Å². The molecule has 6 nitrogen and oxygen atoms in total. The molecule has 2 aromatic heterocycles. The summed E-state index contributed by atoms with van der Waals surface area (Å²) in [4.78, 5) is 26.9. The van der Waals surface area contributed by atoms with Crippen molar-refractivity contribution in [3.05, 3.63) is 77.3 Å². The standard InChI is InChI=1S/C20H19FN4O2/c1-13-18(10-22-12-24-13)20(26)25-6-5-15(11-25)19-23-9-17(27-19)8-14-3-2-4-16(21)7-14/h2-4,7,9-10,12,15H,5-6,8,11H2,1H3/t15-/m1/s1. The van der Waals surface area contributed by atoms with Crippen LogP contribution in [-0.2, 0) is 6.42 Å². The number of halogens is 1. The SMILES string of the molecule is Cc1ncncc1C(=O)N1CC[C@@H](c2ncc(Cc3cccc(F)c3)o2)C1. The Morgan fingerprint density at radius 2 is 2.22 bits per heavy atom. The summed E-state index contributed by atoms with van der Waals surface area (Å²) in [6, 6.07) is 6.44. The van der Waals surface area contributed by atoms with Crippen LogP contribution in [0.5, 0.6) is 0 Å². The maximum atomic E-state index is 13.3. The van der Waals surface area contributed by atoms with Crippen LogP contribution < -0.4 is 0 Å². The molecule has 1 aromatic carbocycles. The number of aromatic nitrogens is 3. The second-order valence-corrected chi connectivity index (χ2v) is 6.73. The molecule has 1 fully saturated rings. The fourth-order valence-corrected chi connectivity index (χ4v) is 3.36. The van der Waals surface area contributed by atoms with Gasteiger partial charge in [0.15, 0.2) is 5.89 Å². The van der Waals surface area contributed by atoms with Gasteiger partial charge in [-0.3, -0.25) is 4.79 Å². The second-order valence-electron chi connectivity index (χ2n) is 6.73. The number of hydrogen-bond donors (Lipinski definition) is 0. The van der Waals surface area contributed by atoms with Crippen molar-refractivity contribution in [3.8, 4) is 0 Å². The van der Waals surface area contributed by atoms with E-state index in [1.54, 1.807) is 30.3 Å². The van der Waals surface area contributed by atoms with Gasteiger partial charge < -0.3 is 9.32 Å². The van der Waals surface area contributed by atoms with Gasteiger partial charge in [0.25, 0.3) is 5.91 Å². The van der Waals surface area contributed by atoms with Crippen LogP contribution in [0.2, 0.25) is 0 Å². The summed E-state index contributed by atoms with van der Waals surface area (Å²) in [5.41, 5.74) is 2.03. The molecule has 0 saturated carbocycles. The van der Waals surface area contributed by atoms with Gasteiger partial charge in [0.2, 0.25) is 0 Å². The van der Waals surface area contributed by atoms with Gasteiger partial charge in [-0.1, -0.05) is 12.1 Å². The minimum absolute atomic E-state index is 0.0557. The smallest absolute Gasteiger partial charge is 0.257 e. The van der Waals surface area contributed by atoms with Gasteiger partial charge in [0, 0.05) is 25.7 Å². The molecule has 0 spiro atoms. The molecular weight excluding hydrogens is 347 g/mol. The number of nitrogens with zero attached hydrogens (tertiary/aromatic N) is 4. The summed E-state index contributed by atoms with van der Waals surface area (Å²) in [5.74, 6) is 1.03. The highest BCUT2D eigenvalue weighted by Gasteiger charge is 2.31. The maximum Gasteiger partial charge on any atom is 0.257 e. The molecule has 3 aromatic rings. The number of aryl methyl sites for hydroxylation is 1. The Morgan fingerprint density at radius 3 is 3.04 bits per heavy atom. The molecule has 7 heteroatoms. The molecule has 138 valence electrons. The molecule has 0 N–H and O–H groups in total. The van der Waals surface area contributed by atoms with Gasteiger partial charge in [0.05, 0.1) is 23.4 Å². The predicted octanol–water partition coefficient (Wildman–Crippen LogP) is 3.13. The molecule has 1 aliphatic heterocycles. The van der Waals surface area contributed by atoms with E-state index in [1.165, 1.54) is 18.5 Å². The summed E-state index contributed by atoms with van der Waals surface area (Å²) in [5, 5.41) is 0. The molecule has 4 rings (SSSR count). The molecule has 0 unspecified atom stereocenters. The van der Waals surface area contributed by atoms with Crippen LogP contribution in [0.15, 0.2) is 47.4 Å². The minimum atomic E-state index is -0.266. The Balaban J connectivity index is 1.43. The lowest BCUT2D eigenvalue weighted by atomic mass is 10.1. The molecule has 3 heterocycles. The highest BCUT2D eigenvalue weighted by Crippen LogP contribution is 2.28. The quantitative estimate of drug-likeness (QED) is 0.709. The summed E-state index contributed by atoms with van der Waals surface area (Å²) in [6.07, 6.45) is 5.95. The first kappa shape index (κ1) is 17.3. The number of amides is 1. The van der Waals surface area contributed by atoms with Gasteiger partial charge in [0.1, 0.15) is 17.9 Å². The van der Waals surface area contributed by atoms with Crippen molar-refractivity contribution in [2.75, 3.05) is 13.1 Å². The molecule has 0 bridgehead atoms. The highest BCUT2D eigenvalue weighted by molar-refractivity contribution is 5.95. The van der Waals surface area contributed by atoms with E-state index in [9.17, 15) is 9.18 Å². The topological polar surface area (TPSA) is 72.1 Å². The predicted molar refractivity (Wildman–Crippen MR) is 95.7 cm³/mol. The van der Waals surface area contributed by atoms with Gasteiger partial charge in [-0.25, -0.2) is 19.3 Å². The van der Waals surface area contributed by atoms with E-state index in [1.807, 2.05) is 6.07 Å². The maximum absolute atomic E-state index is 13.3. The van der Waals surface area contributed by atoms with E-state index in [4.69, 9.17) is 4.42 Å². The zero-order valence-corrected chi connectivity index (χ0v) is 14.9. The first-order valence-electron chi connectivity index (χ1n) is 8.85. The van der Waals surface area contributed by atoms with Crippen LogP contribution >= 0.6 is 0 Å². The first-order valence-corrected chi connectivity index (χ1v) is 8.85. The first-order chi connectivity index (χ1) is 13.1. The monoisotopic (exact) mass is 366 g/mol. The van der Waals surface area contributed by atoms with Crippen LogP contribution in [0.4, 0.5) is 4.39 Å². The molecule has 27 heavy (non-hydrogen) atoms. The Morgan fingerprint density at radius 1 is 1.33 bits per heavy atom. The third-order valence-corrected chi connectivity index (χ3v) is 4.81. The van der Waals surface area contributed by atoms with Gasteiger partial charge in [-0.15, -0.1) is 0 Å². The third kappa shape index (κ3) is 3.72. The van der Waals surface area contributed by atoms with E-state index in [0.29, 0.717) is 42.4 Å². The number of hydrogen-bond acceptors (Lipinski definition) is 5. The fraction of sp³-hybridized carbons (Fsp3) is 0.300. The molecule has 1 atom stereocenters. The Bertz CT molecular complexity index is 972. The Hall–Kier alpha value is -3.09. The fourth-order valence-electron chi connectivity index (χ4n) is 3.36. The van der Waals surface area contributed by atoms with Crippen molar-refractivity contribution in [2.24, 2.45) is 0 Å². The molecule has 0 radical (unpaired) electrons. The third-order valence-electron chi connectivity index (χ3n) is 4.81. The lowest BCUT2D eigenvalue weighted by molar-refractivity contribution is 0.0788. The van der Waals surface area contributed by atoms with Crippen molar-refractivity contribution in [1.29, 1.82) is 0 Å². The summed E-state index contributed by atoms with van der Waals surface area (Å²) >= 11 is 0. The zero-order valence-electron chi connectivity index (χ0n) is 14.9. The van der Waals surface area contributed by atoms with Gasteiger partial charge in [-0.05, 0) is 31.0 Å². The molecule has 0 aliphatic carbocycles. The number of benzene rings is 1. The number of carbonyl (C=O) groups excluding carboxylic acids is 1. The van der Waals surface area contributed by atoms with Gasteiger partial charge in [-0.2, -0.15) is 0 Å². The van der Waals surface area contributed by atoms with Crippen molar-refractivity contribution in [1.82, 2.24) is 19.9 Å². The number of oxazole rings is 1. The van der Waals surface area contributed by atoms with Crippen LogP contribution in [0.25, 0.3) is 0 Å². The number of likely N-dealkylation sites (tertiary alicyclic amines) is 1. The summed E-state index contributed by atoms with van der Waals surface area (Å²) < 4.78 is 19.2. The van der Waals surface area contributed by atoms with Crippen molar-refractivity contribution >= 4 is 5.91 Å². The van der Waals surface area contributed by atoms with Crippen molar-refractivity contribution < 1.29 is 13.6 Å². The molecule has 1 aliphatic rings. The van der Waals surface area contributed by atoms with Crippen LogP contribution in [0, 0.1) is 12.7 Å². The molecule has 1 amide bonds. The van der Waals surface area contributed by atoms with Gasteiger partial charge >= 0.3 is 0 Å². The van der Waals surface area contributed by atoms with E-state index in [0.717, 1.165) is 12.0 Å². The van der Waals surface area contributed by atoms with Crippen LogP contribution in [-0.4, -0.2) is 38.8 Å². The van der Waals surface area contributed by atoms with E-state index >= 15 is 0 Å². The zero-order chi connectivity index (χ0) is 18.8. The largest absolute Gasteiger partial charge is 0.445 e. The Kier molecular flexibility index (Phi) is 4.66. The normalized spacial score (nSPS) is 16.7. The summed E-state index contributed by atoms with van der Waals surface area (Å²) in [7, 11) is 0. The molecular formula is C20H19FN4O2. The van der Waals surface area contributed by atoms with Crippen LogP contribution in [0.1, 0.15) is 45.6 Å². The summed E-state index contributed by atoms with van der Waals surface area (Å²) in [6.45, 7) is 2.99. The van der Waals surface area contributed by atoms with Crippen molar-refractivity contribution in [3.63, 3.8) is 0 Å². The van der Waals surface area contributed by atoms with E-state index < -0.39 is 0 Å². The van der Waals surface area contributed by atoms with E-state index in [-0.39, 0.29) is 17.6 Å². The average Bonchev–Trinajstić information content (AvgIpc) is 3.31. The second kappa shape index (κ2) is 7.26. The number of carbonyl (C=O) groups is 1. The lowest BCUT2D eigenvalue weighted by Crippen LogP contribution is -2.29. The van der Waals surface area contributed by atoms with Crippen LogP contribution in [0.3, 0.4) is 0 Å². The molecule has 1 saturated heterocycles. The Labute approximate surface area is 156 Å². The average molecular weight is 366 g/mol. The van der Waals surface area contributed by atoms with Crippen molar-refractivity contribution in [2.45, 2.75) is 25.7 Å². The minimum Gasteiger partial charge on any atom is -0.445 e.